The average Bonchev–Trinajstić information content (AvgIpc) is 3.31. The Hall–Kier alpha value is -4.41. The lowest BCUT2D eigenvalue weighted by molar-refractivity contribution is -0.114. The lowest BCUT2D eigenvalue weighted by atomic mass is 9.87. The predicted molar refractivity (Wildman–Crippen MR) is 145 cm³/mol. The first-order chi connectivity index (χ1) is 17.9. The molecule has 2 aromatic heterocycles. The molecule has 11 nitrogen and oxygen atoms in total. The van der Waals surface area contributed by atoms with Crippen LogP contribution in [0.1, 0.15) is 62.6 Å². The van der Waals surface area contributed by atoms with Gasteiger partial charge >= 0.3 is 6.09 Å². The number of piperidine rings is 1. The third-order valence-corrected chi connectivity index (χ3v) is 6.49. The summed E-state index contributed by atoms with van der Waals surface area (Å²) in [6, 6.07) is 8.56. The van der Waals surface area contributed by atoms with Crippen LogP contribution in [-0.4, -0.2) is 55.8 Å². The van der Waals surface area contributed by atoms with Crippen LogP contribution >= 0.6 is 0 Å². The van der Waals surface area contributed by atoms with E-state index >= 15 is 0 Å². The van der Waals surface area contributed by atoms with Gasteiger partial charge in [0.25, 0.3) is 5.91 Å². The van der Waals surface area contributed by atoms with Crippen LogP contribution in [0.4, 0.5) is 22.0 Å². The lowest BCUT2D eigenvalue weighted by Crippen LogP contribution is -2.38. The number of nitrogens with two attached hydrogens (primary N) is 1. The van der Waals surface area contributed by atoms with Crippen LogP contribution in [0.25, 0.3) is 11.1 Å². The molecule has 1 aliphatic heterocycles. The van der Waals surface area contributed by atoms with Crippen molar-refractivity contribution in [1.82, 2.24) is 19.7 Å². The van der Waals surface area contributed by atoms with Crippen molar-refractivity contribution in [3.63, 3.8) is 0 Å². The number of nitrogens with zero attached hydrogens (tertiary/aromatic N) is 4. The number of rotatable bonds is 5. The zero-order valence-corrected chi connectivity index (χ0v) is 22.0. The Kier molecular flexibility index (Phi) is 7.38. The molecule has 5 N–H and O–H groups in total. The first kappa shape index (κ1) is 26.6. The average molecular weight is 520 g/mol. The molecular weight excluding hydrogens is 486 g/mol. The largest absolute Gasteiger partial charge is 0.465 e. The van der Waals surface area contributed by atoms with Crippen molar-refractivity contribution in [2.45, 2.75) is 52.0 Å². The number of carbonyl (C=O) groups is 3. The number of nitrogens with one attached hydrogen (secondary N) is 2. The van der Waals surface area contributed by atoms with E-state index in [1.165, 1.54) is 11.8 Å². The Morgan fingerprint density at radius 1 is 1.05 bits per heavy atom. The Morgan fingerprint density at radius 2 is 1.66 bits per heavy atom. The van der Waals surface area contributed by atoms with E-state index in [1.807, 2.05) is 10.9 Å². The lowest BCUT2D eigenvalue weighted by Gasteiger charge is -2.30. The van der Waals surface area contributed by atoms with E-state index in [0.29, 0.717) is 42.9 Å². The molecule has 1 fully saturated rings. The van der Waals surface area contributed by atoms with Crippen molar-refractivity contribution >= 4 is 35.1 Å². The molecule has 11 heteroatoms. The summed E-state index contributed by atoms with van der Waals surface area (Å²) in [5.41, 5.74) is 9.61. The van der Waals surface area contributed by atoms with Crippen molar-refractivity contribution in [3.05, 3.63) is 54.0 Å². The second-order valence-electron chi connectivity index (χ2n) is 10.5. The Balaban J connectivity index is 1.60. The number of benzene rings is 1. The standard InChI is InChI=1S/C27H33N7O4/c1-16(35)30-18-5-7-19(8-6-18)31-25(36)21-13-17(14-29-24(21)28)22-15-34(32-23(22)27(2,3)4)20-9-11-33(12-10-20)26(37)38/h5-8,13-15,20H,9-12H2,1-4H3,(H2,28,29)(H,30,35)(H,31,36)(H,37,38). The molecule has 4 rings (SSSR count). The van der Waals surface area contributed by atoms with Gasteiger partial charge in [-0.2, -0.15) is 5.10 Å². The van der Waals surface area contributed by atoms with Crippen LogP contribution in [-0.2, 0) is 10.2 Å². The van der Waals surface area contributed by atoms with Gasteiger partial charge in [-0.15, -0.1) is 0 Å². The fourth-order valence-corrected chi connectivity index (χ4v) is 4.51. The molecule has 0 spiro atoms. The molecule has 1 aromatic carbocycles. The highest BCUT2D eigenvalue weighted by Gasteiger charge is 2.29. The normalized spacial score (nSPS) is 14.3. The molecule has 3 amide bonds. The van der Waals surface area contributed by atoms with E-state index in [2.05, 4.69) is 36.4 Å². The van der Waals surface area contributed by atoms with Crippen LogP contribution in [0.5, 0.6) is 0 Å². The van der Waals surface area contributed by atoms with Crippen molar-refractivity contribution in [2.24, 2.45) is 0 Å². The topological polar surface area (TPSA) is 155 Å². The van der Waals surface area contributed by atoms with Crippen molar-refractivity contribution in [2.75, 3.05) is 29.5 Å². The molecular formula is C27H33N7O4. The summed E-state index contributed by atoms with van der Waals surface area (Å²) >= 11 is 0. The number of likely N-dealkylation sites (tertiary alicyclic amines) is 1. The van der Waals surface area contributed by atoms with Gasteiger partial charge in [0, 0.05) is 60.3 Å². The molecule has 38 heavy (non-hydrogen) atoms. The third kappa shape index (κ3) is 5.93. The maximum atomic E-state index is 13.1. The predicted octanol–water partition coefficient (Wildman–Crippen LogP) is 4.35. The highest BCUT2D eigenvalue weighted by atomic mass is 16.4. The van der Waals surface area contributed by atoms with Crippen LogP contribution in [0.15, 0.2) is 42.7 Å². The second kappa shape index (κ2) is 10.5. The van der Waals surface area contributed by atoms with Gasteiger partial charge < -0.3 is 26.4 Å². The summed E-state index contributed by atoms with van der Waals surface area (Å²) in [6.45, 7) is 8.55. The molecule has 1 aliphatic rings. The second-order valence-corrected chi connectivity index (χ2v) is 10.5. The van der Waals surface area contributed by atoms with Gasteiger partial charge in [0.2, 0.25) is 5.91 Å². The molecule has 1 saturated heterocycles. The molecule has 0 radical (unpaired) electrons. The van der Waals surface area contributed by atoms with Crippen LogP contribution in [0.2, 0.25) is 0 Å². The van der Waals surface area contributed by atoms with Crippen LogP contribution < -0.4 is 16.4 Å². The number of hydrogen-bond acceptors (Lipinski definition) is 6. The van der Waals surface area contributed by atoms with Gasteiger partial charge in [-0.1, -0.05) is 20.8 Å². The van der Waals surface area contributed by atoms with E-state index in [9.17, 15) is 19.5 Å². The van der Waals surface area contributed by atoms with E-state index in [0.717, 1.165) is 11.3 Å². The summed E-state index contributed by atoms with van der Waals surface area (Å²) in [7, 11) is 0. The number of hydrogen-bond donors (Lipinski definition) is 4. The summed E-state index contributed by atoms with van der Waals surface area (Å²) in [5, 5.41) is 19.7. The summed E-state index contributed by atoms with van der Waals surface area (Å²) in [4.78, 5) is 41.4. The van der Waals surface area contributed by atoms with Gasteiger partial charge in [-0.3, -0.25) is 14.3 Å². The van der Waals surface area contributed by atoms with Gasteiger partial charge in [0.05, 0.1) is 17.3 Å². The number of nitrogen functional groups attached to an aromatic ring is 1. The molecule has 0 bridgehead atoms. The molecule has 3 aromatic rings. The van der Waals surface area contributed by atoms with Gasteiger partial charge in [-0.05, 0) is 43.2 Å². The van der Waals surface area contributed by atoms with E-state index in [-0.39, 0.29) is 28.7 Å². The van der Waals surface area contributed by atoms with Gasteiger partial charge in [0.15, 0.2) is 0 Å². The number of carboxylic acid groups (broad SMARTS) is 1. The quantitative estimate of drug-likeness (QED) is 0.390. The number of anilines is 3. The molecule has 0 atom stereocenters. The maximum Gasteiger partial charge on any atom is 0.407 e. The summed E-state index contributed by atoms with van der Waals surface area (Å²) in [6.07, 6.45) is 4.04. The molecule has 0 aliphatic carbocycles. The zero-order chi connectivity index (χ0) is 27.6. The maximum absolute atomic E-state index is 13.1. The smallest absolute Gasteiger partial charge is 0.407 e. The van der Waals surface area contributed by atoms with Crippen molar-refractivity contribution in [1.29, 1.82) is 0 Å². The SMILES string of the molecule is CC(=O)Nc1ccc(NC(=O)c2cc(-c3cn(C4CCN(C(=O)O)CC4)nc3C(C)(C)C)cnc2N)cc1. The van der Waals surface area contributed by atoms with Crippen LogP contribution in [0, 0.1) is 0 Å². The van der Waals surface area contributed by atoms with Crippen molar-refractivity contribution < 1.29 is 19.5 Å². The number of aromatic nitrogens is 3. The number of pyridine rings is 1. The Bertz CT molecular complexity index is 1350. The van der Waals surface area contributed by atoms with E-state index < -0.39 is 12.0 Å². The van der Waals surface area contributed by atoms with E-state index in [4.69, 9.17) is 10.8 Å². The molecule has 0 saturated carbocycles. The number of amides is 3. The van der Waals surface area contributed by atoms with E-state index in [1.54, 1.807) is 36.5 Å². The fourth-order valence-electron chi connectivity index (χ4n) is 4.51. The minimum absolute atomic E-state index is 0.0745. The summed E-state index contributed by atoms with van der Waals surface area (Å²) < 4.78 is 1.92. The minimum atomic E-state index is -0.901. The van der Waals surface area contributed by atoms with Gasteiger partial charge in [-0.25, -0.2) is 9.78 Å². The molecule has 3 heterocycles. The monoisotopic (exact) mass is 519 g/mol. The molecule has 0 unspecified atom stereocenters. The van der Waals surface area contributed by atoms with Crippen LogP contribution in [0.3, 0.4) is 0 Å². The Labute approximate surface area is 221 Å². The molecule has 200 valence electrons. The van der Waals surface area contributed by atoms with Gasteiger partial charge in [0.1, 0.15) is 5.82 Å². The van der Waals surface area contributed by atoms with Crippen molar-refractivity contribution in [3.8, 4) is 11.1 Å². The zero-order valence-electron chi connectivity index (χ0n) is 22.0. The first-order valence-electron chi connectivity index (χ1n) is 12.4. The first-order valence-corrected chi connectivity index (χ1v) is 12.4. The highest BCUT2D eigenvalue weighted by Crippen LogP contribution is 2.35. The highest BCUT2D eigenvalue weighted by molar-refractivity contribution is 6.08. The number of carbonyl (C=O) groups excluding carboxylic acids is 2. The fraction of sp³-hybridized carbons (Fsp3) is 0.370. The summed E-state index contributed by atoms with van der Waals surface area (Å²) in [5.74, 6) is -0.483. The Morgan fingerprint density at radius 3 is 2.21 bits per heavy atom. The minimum Gasteiger partial charge on any atom is -0.465 e. The third-order valence-electron chi connectivity index (χ3n) is 6.49.